The fourth-order valence-electron chi connectivity index (χ4n) is 8.02. The fourth-order valence-corrected chi connectivity index (χ4v) is 8.02. The molecule has 0 aromatic heterocycles. The summed E-state index contributed by atoms with van der Waals surface area (Å²) in [6.45, 7) is 2.39. The largest absolute Gasteiger partial charge is 0.462 e. The first kappa shape index (κ1) is 23.6. The first-order chi connectivity index (χ1) is 15.0. The summed E-state index contributed by atoms with van der Waals surface area (Å²) in [5.41, 5.74) is 1.31. The Balaban J connectivity index is 0.00000245. The van der Waals surface area contributed by atoms with Gasteiger partial charge in [-0.05, 0) is 92.3 Å². The molecule has 4 aliphatic rings. The summed E-state index contributed by atoms with van der Waals surface area (Å²) in [6, 6.07) is 10.2. The van der Waals surface area contributed by atoms with Crippen LogP contribution in [0.5, 0.6) is 0 Å². The van der Waals surface area contributed by atoms with Crippen molar-refractivity contribution in [2.24, 2.45) is 35.0 Å². The van der Waals surface area contributed by atoms with E-state index >= 15 is 0 Å². The van der Waals surface area contributed by atoms with Crippen molar-refractivity contribution in [1.29, 1.82) is 0 Å². The van der Waals surface area contributed by atoms with Gasteiger partial charge in [-0.1, -0.05) is 44.7 Å². The minimum atomic E-state index is -0.227. The third-order valence-electron chi connectivity index (χ3n) is 9.63. The molecule has 2 radical (unpaired) electrons. The second-order valence-electron chi connectivity index (χ2n) is 11.0. The average molecular weight is 434 g/mol. The molecular weight excluding hydrogens is 395 g/mol. The molecule has 4 heteroatoms. The summed E-state index contributed by atoms with van der Waals surface area (Å²) in [7, 11) is 6.33. The summed E-state index contributed by atoms with van der Waals surface area (Å²) in [6.07, 6.45) is 9.82. The molecule has 3 nitrogen and oxygen atoms in total. The van der Waals surface area contributed by atoms with Crippen LogP contribution in [-0.4, -0.2) is 25.7 Å². The number of benzene rings is 1. The van der Waals surface area contributed by atoms with Gasteiger partial charge >= 0.3 is 5.97 Å². The highest BCUT2D eigenvalue weighted by molar-refractivity contribution is 6.24. The maximum absolute atomic E-state index is 12.7. The van der Waals surface area contributed by atoms with Crippen molar-refractivity contribution in [2.45, 2.75) is 90.5 Å². The molecule has 5 rings (SSSR count). The monoisotopic (exact) mass is 434 g/mol. The maximum Gasteiger partial charge on any atom is 0.306 e. The number of hydrogen-bond donors (Lipinski definition) is 0. The summed E-state index contributed by atoms with van der Waals surface area (Å²) in [5, 5.41) is 0. The molecule has 1 aromatic carbocycles. The Labute approximate surface area is 195 Å². The van der Waals surface area contributed by atoms with E-state index in [1.807, 2.05) is 18.2 Å². The Morgan fingerprint density at radius 3 is 2.50 bits per heavy atom. The minimum absolute atomic E-state index is 0. The van der Waals surface area contributed by atoms with Gasteiger partial charge in [-0.15, -0.1) is 0 Å². The predicted octanol–water partition coefficient (Wildman–Crippen LogP) is 5.96. The zero-order valence-electron chi connectivity index (χ0n) is 18.8. The highest BCUT2D eigenvalue weighted by Gasteiger charge is 2.58. The number of fused-ring (bicyclic) bond motifs is 5. The lowest BCUT2D eigenvalue weighted by molar-refractivity contribution is -0.160. The lowest BCUT2D eigenvalue weighted by Gasteiger charge is -2.56. The Kier molecular flexibility index (Phi) is 6.89. The predicted molar refractivity (Wildman–Crippen MR) is 128 cm³/mol. The van der Waals surface area contributed by atoms with E-state index in [0.29, 0.717) is 42.4 Å². The van der Waals surface area contributed by atoms with Crippen LogP contribution in [0, 0.1) is 35.0 Å². The van der Waals surface area contributed by atoms with Crippen LogP contribution in [0.2, 0.25) is 5.82 Å². The van der Waals surface area contributed by atoms with E-state index in [1.54, 1.807) is 0 Å². The number of esters is 1. The van der Waals surface area contributed by atoms with E-state index in [0.717, 1.165) is 32.1 Å². The molecule has 4 fully saturated rings. The molecule has 1 aromatic rings. The SMILES string of the molecule is C.[B]C1C(=O)CCC2C1CCC1C2CCC2(C)C(OC(=O)CCc3ccccc3)CCC12. The second-order valence-corrected chi connectivity index (χ2v) is 11.0. The molecule has 8 unspecified atom stereocenters. The van der Waals surface area contributed by atoms with Crippen molar-refractivity contribution in [3.63, 3.8) is 0 Å². The third-order valence-corrected chi connectivity index (χ3v) is 9.63. The van der Waals surface area contributed by atoms with E-state index in [4.69, 9.17) is 12.6 Å². The van der Waals surface area contributed by atoms with E-state index < -0.39 is 0 Å². The van der Waals surface area contributed by atoms with Crippen LogP contribution in [0.1, 0.15) is 77.7 Å². The van der Waals surface area contributed by atoms with Crippen LogP contribution in [0.25, 0.3) is 0 Å². The number of aryl methyl sites for hydroxylation is 1. The van der Waals surface area contributed by atoms with Crippen LogP contribution in [0.4, 0.5) is 0 Å². The van der Waals surface area contributed by atoms with Gasteiger partial charge in [0.2, 0.25) is 0 Å². The zero-order chi connectivity index (χ0) is 21.6. The number of carbonyl (C=O) groups is 2. The van der Waals surface area contributed by atoms with Crippen molar-refractivity contribution in [1.82, 2.24) is 0 Å². The number of ketones is 1. The highest BCUT2D eigenvalue weighted by Crippen LogP contribution is 2.63. The van der Waals surface area contributed by atoms with Gasteiger partial charge in [-0.25, -0.2) is 0 Å². The first-order valence-corrected chi connectivity index (χ1v) is 12.5. The van der Waals surface area contributed by atoms with Crippen LogP contribution in [-0.2, 0) is 20.7 Å². The molecule has 0 saturated heterocycles. The summed E-state index contributed by atoms with van der Waals surface area (Å²) < 4.78 is 6.12. The topological polar surface area (TPSA) is 43.4 Å². The quantitative estimate of drug-likeness (QED) is 0.434. The molecule has 32 heavy (non-hydrogen) atoms. The molecule has 0 bridgehead atoms. The van der Waals surface area contributed by atoms with Crippen molar-refractivity contribution in [3.8, 4) is 0 Å². The van der Waals surface area contributed by atoms with Gasteiger partial charge in [0.25, 0.3) is 0 Å². The van der Waals surface area contributed by atoms with E-state index in [2.05, 4.69) is 19.1 Å². The Bertz CT molecular complexity index is 823. The summed E-state index contributed by atoms with van der Waals surface area (Å²) in [5.74, 6) is 3.12. The maximum atomic E-state index is 12.7. The van der Waals surface area contributed by atoms with Gasteiger partial charge in [0.15, 0.2) is 0 Å². The van der Waals surface area contributed by atoms with E-state index in [9.17, 15) is 9.59 Å². The lowest BCUT2D eigenvalue weighted by atomic mass is 9.47. The molecule has 4 aliphatic carbocycles. The van der Waals surface area contributed by atoms with Gasteiger partial charge < -0.3 is 9.53 Å². The zero-order valence-corrected chi connectivity index (χ0v) is 18.8. The van der Waals surface area contributed by atoms with Gasteiger partial charge in [0, 0.05) is 18.3 Å². The van der Waals surface area contributed by atoms with Crippen molar-refractivity contribution < 1.29 is 14.3 Å². The molecule has 0 spiro atoms. The molecule has 172 valence electrons. The van der Waals surface area contributed by atoms with Gasteiger partial charge in [0.1, 0.15) is 11.9 Å². The second kappa shape index (κ2) is 9.35. The van der Waals surface area contributed by atoms with Crippen molar-refractivity contribution in [2.75, 3.05) is 0 Å². The number of ether oxygens (including phenoxy) is 1. The van der Waals surface area contributed by atoms with Crippen LogP contribution in [0.15, 0.2) is 30.3 Å². The first-order valence-electron chi connectivity index (χ1n) is 12.5. The fraction of sp³-hybridized carbons (Fsp3) is 0.714. The molecular formula is C28H39BO3. The summed E-state index contributed by atoms with van der Waals surface area (Å²) >= 11 is 0. The van der Waals surface area contributed by atoms with Crippen molar-refractivity contribution >= 4 is 19.6 Å². The Hall–Kier alpha value is -1.58. The summed E-state index contributed by atoms with van der Waals surface area (Å²) in [4.78, 5) is 24.8. The van der Waals surface area contributed by atoms with Gasteiger partial charge in [-0.2, -0.15) is 0 Å². The number of rotatable bonds is 4. The normalized spacial score (nSPS) is 40.4. The molecule has 0 heterocycles. The van der Waals surface area contributed by atoms with Crippen LogP contribution < -0.4 is 0 Å². The van der Waals surface area contributed by atoms with Gasteiger partial charge in [-0.3, -0.25) is 4.79 Å². The molecule has 0 aliphatic heterocycles. The standard InChI is InChI=1S/C27H35BO3.CH4/c1-27-16-15-19-18-10-12-23(29)26(28)21(18)9-8-20(19)22(27)11-13-24(27)31-25(30)14-7-17-5-3-2-4-6-17;/h2-6,18-22,24,26H,7-16H2,1H3;1H4. The third kappa shape index (κ3) is 4.08. The Morgan fingerprint density at radius 2 is 1.72 bits per heavy atom. The highest BCUT2D eigenvalue weighted by atomic mass is 16.5. The van der Waals surface area contributed by atoms with Crippen molar-refractivity contribution in [3.05, 3.63) is 35.9 Å². The van der Waals surface area contributed by atoms with Gasteiger partial charge in [0.05, 0.1) is 7.85 Å². The molecule has 4 saturated carbocycles. The lowest BCUT2D eigenvalue weighted by Crippen LogP contribution is -2.51. The van der Waals surface area contributed by atoms with E-state index in [-0.39, 0.29) is 36.5 Å². The minimum Gasteiger partial charge on any atom is -0.462 e. The van der Waals surface area contributed by atoms with Crippen LogP contribution >= 0.6 is 0 Å². The molecule has 0 N–H and O–H groups in total. The number of hydrogen-bond acceptors (Lipinski definition) is 3. The average Bonchev–Trinajstić information content (AvgIpc) is 3.11. The molecule has 8 atom stereocenters. The Morgan fingerprint density at radius 1 is 1.00 bits per heavy atom. The van der Waals surface area contributed by atoms with E-state index in [1.165, 1.54) is 24.8 Å². The number of Topliss-reactive ketones (excluding diaryl/α,β-unsaturated/α-hetero) is 1. The van der Waals surface area contributed by atoms with Crippen LogP contribution in [0.3, 0.4) is 0 Å². The smallest absolute Gasteiger partial charge is 0.306 e. The number of carbonyl (C=O) groups excluding carboxylic acids is 2. The molecule has 0 amide bonds.